The molecular formula is C14H20N4. The molecule has 2 rings (SSSR count). The van der Waals surface area contributed by atoms with Gasteiger partial charge in [0.2, 0.25) is 0 Å². The average molecular weight is 244 g/mol. The Morgan fingerprint density at radius 2 is 1.89 bits per heavy atom. The summed E-state index contributed by atoms with van der Waals surface area (Å²) in [4.78, 5) is 0. The first-order valence-corrected chi connectivity index (χ1v) is 6.39. The molecule has 0 saturated carbocycles. The van der Waals surface area contributed by atoms with Crippen molar-refractivity contribution in [1.29, 1.82) is 0 Å². The van der Waals surface area contributed by atoms with Gasteiger partial charge in [-0.2, -0.15) is 0 Å². The highest BCUT2D eigenvalue weighted by Gasteiger charge is 2.13. The molecule has 0 saturated heterocycles. The molecule has 0 aliphatic rings. The van der Waals surface area contributed by atoms with Crippen molar-refractivity contribution in [3.8, 4) is 0 Å². The maximum absolute atomic E-state index is 5.72. The molecule has 4 heteroatoms. The Morgan fingerprint density at radius 1 is 1.17 bits per heavy atom. The maximum atomic E-state index is 5.72. The van der Waals surface area contributed by atoms with E-state index >= 15 is 0 Å². The second-order valence-electron chi connectivity index (χ2n) is 4.71. The topological polar surface area (TPSA) is 56.7 Å². The van der Waals surface area contributed by atoms with Crippen LogP contribution < -0.4 is 5.73 Å². The van der Waals surface area contributed by atoms with E-state index in [1.165, 1.54) is 5.56 Å². The summed E-state index contributed by atoms with van der Waals surface area (Å²) in [6.07, 6.45) is 1.93. The van der Waals surface area contributed by atoms with Crippen LogP contribution in [-0.2, 0) is 19.4 Å². The van der Waals surface area contributed by atoms with Gasteiger partial charge in [-0.05, 0) is 32.3 Å². The minimum absolute atomic E-state index is 0.323. The van der Waals surface area contributed by atoms with Crippen LogP contribution in [0.15, 0.2) is 30.3 Å². The normalized spacial score (nSPS) is 11.1. The number of benzene rings is 1. The zero-order chi connectivity index (χ0) is 13.0. The second kappa shape index (κ2) is 5.78. The molecule has 0 aliphatic carbocycles. The van der Waals surface area contributed by atoms with Crippen molar-refractivity contribution in [2.45, 2.75) is 39.3 Å². The number of aromatic nitrogens is 3. The molecular weight excluding hydrogens is 224 g/mol. The number of nitrogens with two attached hydrogens (primary N) is 1. The Bertz CT molecular complexity index is 488. The molecule has 0 unspecified atom stereocenters. The summed E-state index contributed by atoms with van der Waals surface area (Å²) >= 11 is 0. The zero-order valence-corrected chi connectivity index (χ0v) is 11.0. The van der Waals surface area contributed by atoms with Crippen LogP contribution in [0.3, 0.4) is 0 Å². The number of aryl methyl sites for hydroxylation is 1. The van der Waals surface area contributed by atoms with Gasteiger partial charge in [0.15, 0.2) is 0 Å². The first-order valence-electron chi connectivity index (χ1n) is 6.39. The SMILES string of the molecule is CC(C)n1nnc(CN)c1CCc1ccccc1. The zero-order valence-electron chi connectivity index (χ0n) is 11.0. The number of nitrogens with zero attached hydrogens (tertiary/aromatic N) is 3. The van der Waals surface area contributed by atoms with E-state index in [9.17, 15) is 0 Å². The minimum Gasteiger partial charge on any atom is -0.325 e. The molecule has 1 aromatic heterocycles. The predicted molar refractivity (Wildman–Crippen MR) is 72.1 cm³/mol. The van der Waals surface area contributed by atoms with Gasteiger partial charge in [-0.1, -0.05) is 35.5 Å². The van der Waals surface area contributed by atoms with Crippen LogP contribution in [0.2, 0.25) is 0 Å². The molecule has 0 aliphatic heterocycles. The molecule has 0 bridgehead atoms. The Morgan fingerprint density at radius 3 is 2.50 bits per heavy atom. The molecule has 2 aromatic rings. The van der Waals surface area contributed by atoms with Crippen molar-refractivity contribution in [3.05, 3.63) is 47.3 Å². The fourth-order valence-corrected chi connectivity index (χ4v) is 2.09. The van der Waals surface area contributed by atoms with Gasteiger partial charge >= 0.3 is 0 Å². The van der Waals surface area contributed by atoms with Gasteiger partial charge in [0, 0.05) is 12.6 Å². The van der Waals surface area contributed by atoms with Crippen LogP contribution in [0, 0.1) is 0 Å². The van der Waals surface area contributed by atoms with Crippen LogP contribution in [0.1, 0.15) is 36.8 Å². The van der Waals surface area contributed by atoms with Crippen molar-refractivity contribution < 1.29 is 0 Å². The van der Waals surface area contributed by atoms with Crippen LogP contribution in [0.5, 0.6) is 0 Å². The Balaban J connectivity index is 2.15. The second-order valence-corrected chi connectivity index (χ2v) is 4.71. The first-order chi connectivity index (χ1) is 8.72. The molecule has 1 heterocycles. The number of hydrogen-bond acceptors (Lipinski definition) is 3. The lowest BCUT2D eigenvalue weighted by atomic mass is 10.1. The predicted octanol–water partition coefficient (Wildman–Crippen LogP) is 2.10. The van der Waals surface area contributed by atoms with Crippen LogP contribution in [0.4, 0.5) is 0 Å². The van der Waals surface area contributed by atoms with Crippen molar-refractivity contribution in [2.24, 2.45) is 5.73 Å². The summed E-state index contributed by atoms with van der Waals surface area (Å²) in [7, 11) is 0. The molecule has 4 nitrogen and oxygen atoms in total. The van der Waals surface area contributed by atoms with E-state index < -0.39 is 0 Å². The lowest BCUT2D eigenvalue weighted by Gasteiger charge is -2.10. The highest BCUT2D eigenvalue weighted by molar-refractivity contribution is 5.18. The quantitative estimate of drug-likeness (QED) is 0.876. The van der Waals surface area contributed by atoms with Crippen molar-refractivity contribution in [1.82, 2.24) is 15.0 Å². The van der Waals surface area contributed by atoms with Gasteiger partial charge in [0.05, 0.1) is 11.4 Å². The number of hydrogen-bond donors (Lipinski definition) is 1. The molecule has 2 N–H and O–H groups in total. The molecule has 0 radical (unpaired) electrons. The molecule has 0 spiro atoms. The third-order valence-corrected chi connectivity index (χ3v) is 3.05. The van der Waals surface area contributed by atoms with Crippen LogP contribution in [0.25, 0.3) is 0 Å². The van der Waals surface area contributed by atoms with Crippen molar-refractivity contribution >= 4 is 0 Å². The van der Waals surface area contributed by atoms with E-state index in [0.717, 1.165) is 24.2 Å². The molecule has 0 atom stereocenters. The standard InChI is InChI=1S/C14H20N4/c1-11(2)18-14(13(10-15)16-17-18)9-8-12-6-4-3-5-7-12/h3-7,11H,8-10,15H2,1-2H3. The number of rotatable bonds is 5. The van der Waals surface area contributed by atoms with E-state index in [1.807, 2.05) is 10.7 Å². The highest BCUT2D eigenvalue weighted by Crippen LogP contribution is 2.14. The van der Waals surface area contributed by atoms with Gasteiger partial charge < -0.3 is 5.73 Å². The van der Waals surface area contributed by atoms with Gasteiger partial charge in [0.25, 0.3) is 0 Å². The summed E-state index contributed by atoms with van der Waals surface area (Å²) in [6, 6.07) is 10.8. The summed E-state index contributed by atoms with van der Waals surface area (Å²) in [5.41, 5.74) is 9.13. The third-order valence-electron chi connectivity index (χ3n) is 3.05. The third kappa shape index (κ3) is 2.76. The minimum atomic E-state index is 0.323. The highest BCUT2D eigenvalue weighted by atomic mass is 15.4. The Kier molecular flexibility index (Phi) is 4.10. The molecule has 96 valence electrons. The Labute approximate surface area is 108 Å². The maximum Gasteiger partial charge on any atom is 0.0994 e. The fraction of sp³-hybridized carbons (Fsp3) is 0.429. The summed E-state index contributed by atoms with van der Waals surface area (Å²) < 4.78 is 1.98. The van der Waals surface area contributed by atoms with E-state index in [-0.39, 0.29) is 0 Å². The molecule has 0 amide bonds. The van der Waals surface area contributed by atoms with Gasteiger partial charge in [-0.25, -0.2) is 4.68 Å². The molecule has 1 aromatic carbocycles. The largest absolute Gasteiger partial charge is 0.325 e. The van der Waals surface area contributed by atoms with Crippen molar-refractivity contribution in [3.63, 3.8) is 0 Å². The van der Waals surface area contributed by atoms with E-state index in [2.05, 4.69) is 48.4 Å². The lowest BCUT2D eigenvalue weighted by Crippen LogP contribution is -2.11. The Hall–Kier alpha value is -1.68. The summed E-state index contributed by atoms with van der Waals surface area (Å²) in [6.45, 7) is 4.68. The van der Waals surface area contributed by atoms with Crippen molar-refractivity contribution in [2.75, 3.05) is 0 Å². The van der Waals surface area contributed by atoms with E-state index in [1.54, 1.807) is 0 Å². The summed E-state index contributed by atoms with van der Waals surface area (Å²) in [5, 5.41) is 8.34. The monoisotopic (exact) mass is 244 g/mol. The first kappa shape index (κ1) is 12.8. The van der Waals surface area contributed by atoms with Gasteiger partial charge in [0.1, 0.15) is 0 Å². The van der Waals surface area contributed by atoms with Crippen LogP contribution in [-0.4, -0.2) is 15.0 Å². The fourth-order valence-electron chi connectivity index (χ4n) is 2.09. The molecule has 0 fully saturated rings. The lowest BCUT2D eigenvalue weighted by molar-refractivity contribution is 0.493. The molecule has 18 heavy (non-hydrogen) atoms. The average Bonchev–Trinajstić information content (AvgIpc) is 2.80. The summed E-state index contributed by atoms with van der Waals surface area (Å²) in [5.74, 6) is 0. The van der Waals surface area contributed by atoms with Crippen LogP contribution >= 0.6 is 0 Å². The van der Waals surface area contributed by atoms with E-state index in [0.29, 0.717) is 12.6 Å². The van der Waals surface area contributed by atoms with Gasteiger partial charge in [-0.15, -0.1) is 5.10 Å². The van der Waals surface area contributed by atoms with Gasteiger partial charge in [-0.3, -0.25) is 0 Å². The smallest absolute Gasteiger partial charge is 0.0994 e. The van der Waals surface area contributed by atoms with E-state index in [4.69, 9.17) is 5.73 Å².